The van der Waals surface area contributed by atoms with E-state index in [9.17, 15) is 4.79 Å². The van der Waals surface area contributed by atoms with Gasteiger partial charge < -0.3 is 5.32 Å². The molecule has 0 radical (unpaired) electrons. The number of thioether (sulfide) groups is 1. The van der Waals surface area contributed by atoms with Gasteiger partial charge in [-0.25, -0.2) is 0 Å². The highest BCUT2D eigenvalue weighted by molar-refractivity contribution is 7.99. The van der Waals surface area contributed by atoms with Crippen molar-refractivity contribution in [2.75, 3.05) is 5.75 Å². The molecule has 1 heterocycles. The van der Waals surface area contributed by atoms with Crippen LogP contribution in [-0.4, -0.2) is 11.7 Å². The molecule has 3 heteroatoms. The molecule has 2 nitrogen and oxygen atoms in total. The molecule has 0 bridgehead atoms. The topological polar surface area (TPSA) is 29.1 Å². The molecule has 0 fully saturated rings. The van der Waals surface area contributed by atoms with Gasteiger partial charge in [0, 0.05) is 16.2 Å². The van der Waals surface area contributed by atoms with Crippen LogP contribution in [0.3, 0.4) is 0 Å². The molecule has 1 aliphatic rings. The summed E-state index contributed by atoms with van der Waals surface area (Å²) in [4.78, 5) is 13.7. The second kappa shape index (κ2) is 5.71. The first kappa shape index (κ1) is 13.3. The molecule has 1 N–H and O–H groups in total. The summed E-state index contributed by atoms with van der Waals surface area (Å²) in [7, 11) is 0. The maximum Gasteiger partial charge on any atom is 0.252 e. The lowest BCUT2D eigenvalue weighted by atomic mass is 10.0. The van der Waals surface area contributed by atoms with Gasteiger partial charge >= 0.3 is 0 Å². The van der Waals surface area contributed by atoms with E-state index < -0.39 is 0 Å². The summed E-state index contributed by atoms with van der Waals surface area (Å²) in [5, 5.41) is 3.18. The van der Waals surface area contributed by atoms with Crippen LogP contribution in [0.15, 0.2) is 53.4 Å². The second-order valence-corrected chi connectivity index (χ2v) is 6.15. The second-order valence-electron chi connectivity index (χ2n) is 5.02. The zero-order valence-corrected chi connectivity index (χ0v) is 12.2. The zero-order valence-electron chi connectivity index (χ0n) is 11.4. The Labute approximate surface area is 123 Å². The Balaban J connectivity index is 1.83. The van der Waals surface area contributed by atoms with Crippen molar-refractivity contribution < 1.29 is 4.79 Å². The van der Waals surface area contributed by atoms with Crippen molar-refractivity contribution in [3.05, 3.63) is 65.2 Å². The lowest BCUT2D eigenvalue weighted by Crippen LogP contribution is -2.31. The smallest absolute Gasteiger partial charge is 0.252 e. The number of hydrogen-bond acceptors (Lipinski definition) is 2. The molecule has 2 aromatic rings. The van der Waals surface area contributed by atoms with Crippen LogP contribution in [0.25, 0.3) is 0 Å². The molecule has 0 saturated carbocycles. The lowest BCUT2D eigenvalue weighted by molar-refractivity contribution is 0.0934. The predicted octanol–water partition coefficient (Wildman–Crippen LogP) is 3.96. The summed E-state index contributed by atoms with van der Waals surface area (Å²) in [6.45, 7) is 1.97. The fraction of sp³-hybridized carbons (Fsp3) is 0.235. The van der Waals surface area contributed by atoms with E-state index in [1.807, 2.05) is 49.0 Å². The van der Waals surface area contributed by atoms with Gasteiger partial charge in [0.25, 0.3) is 5.91 Å². The molecular formula is C17H17NOS. The maximum absolute atomic E-state index is 12.4. The predicted molar refractivity (Wildman–Crippen MR) is 83.2 cm³/mol. The van der Waals surface area contributed by atoms with Crippen LogP contribution < -0.4 is 5.32 Å². The molecule has 102 valence electrons. The van der Waals surface area contributed by atoms with E-state index in [0.717, 1.165) is 23.3 Å². The molecule has 0 saturated heterocycles. The first-order chi connectivity index (χ1) is 9.75. The van der Waals surface area contributed by atoms with Gasteiger partial charge in [0.15, 0.2) is 0 Å². The highest BCUT2D eigenvalue weighted by Crippen LogP contribution is 2.35. The largest absolute Gasteiger partial charge is 0.345 e. The van der Waals surface area contributed by atoms with Crippen molar-refractivity contribution in [2.24, 2.45) is 0 Å². The first-order valence-electron chi connectivity index (χ1n) is 6.84. The number of benzene rings is 2. The number of fused-ring (bicyclic) bond motifs is 1. The number of nitrogens with one attached hydrogen (secondary N) is 1. The van der Waals surface area contributed by atoms with Crippen molar-refractivity contribution in [3.63, 3.8) is 0 Å². The van der Waals surface area contributed by atoms with Gasteiger partial charge in [-0.2, -0.15) is 0 Å². The average molecular weight is 283 g/mol. The minimum Gasteiger partial charge on any atom is -0.345 e. The fourth-order valence-corrected chi connectivity index (χ4v) is 3.68. The highest BCUT2D eigenvalue weighted by atomic mass is 32.2. The SMILES string of the molecule is Cc1ccccc1C(=O)N[C@H]1CCSc2ccccc21. The monoisotopic (exact) mass is 283 g/mol. The average Bonchev–Trinajstić information content (AvgIpc) is 2.48. The third-order valence-corrected chi connectivity index (χ3v) is 4.78. The quantitative estimate of drug-likeness (QED) is 0.904. The lowest BCUT2D eigenvalue weighted by Gasteiger charge is -2.26. The number of amides is 1. The number of aryl methyl sites for hydroxylation is 1. The Morgan fingerprint density at radius 2 is 1.90 bits per heavy atom. The molecule has 0 aromatic heterocycles. The Kier molecular flexibility index (Phi) is 3.79. The first-order valence-corrected chi connectivity index (χ1v) is 7.82. The van der Waals surface area contributed by atoms with E-state index in [2.05, 4.69) is 23.5 Å². The van der Waals surface area contributed by atoms with Crippen LogP contribution in [0.2, 0.25) is 0 Å². The number of rotatable bonds is 2. The van der Waals surface area contributed by atoms with E-state index in [1.54, 1.807) is 0 Å². The fourth-order valence-electron chi connectivity index (χ4n) is 2.56. The van der Waals surface area contributed by atoms with Crippen LogP contribution >= 0.6 is 11.8 Å². The van der Waals surface area contributed by atoms with Crippen molar-refractivity contribution in [2.45, 2.75) is 24.3 Å². The molecule has 0 aliphatic carbocycles. The molecule has 3 rings (SSSR count). The Morgan fingerprint density at radius 1 is 1.15 bits per heavy atom. The van der Waals surface area contributed by atoms with Gasteiger partial charge in [0.1, 0.15) is 0 Å². The summed E-state index contributed by atoms with van der Waals surface area (Å²) in [5.41, 5.74) is 3.03. The van der Waals surface area contributed by atoms with Crippen LogP contribution in [0.5, 0.6) is 0 Å². The van der Waals surface area contributed by atoms with Crippen molar-refractivity contribution >= 4 is 17.7 Å². The van der Waals surface area contributed by atoms with Crippen LogP contribution in [0.4, 0.5) is 0 Å². The van der Waals surface area contributed by atoms with E-state index in [4.69, 9.17) is 0 Å². The third-order valence-electron chi connectivity index (χ3n) is 3.65. The summed E-state index contributed by atoms with van der Waals surface area (Å²) >= 11 is 1.87. The standard InChI is InChI=1S/C17H17NOS/c1-12-6-2-3-7-13(12)17(19)18-15-10-11-20-16-9-5-4-8-14(15)16/h2-9,15H,10-11H2,1H3,(H,18,19)/t15-/m0/s1. The van der Waals surface area contributed by atoms with E-state index in [1.165, 1.54) is 10.5 Å². The van der Waals surface area contributed by atoms with Crippen molar-refractivity contribution in [1.82, 2.24) is 5.32 Å². The van der Waals surface area contributed by atoms with Gasteiger partial charge in [-0.1, -0.05) is 36.4 Å². The summed E-state index contributed by atoms with van der Waals surface area (Å²) in [6.07, 6.45) is 0.985. The number of hydrogen-bond donors (Lipinski definition) is 1. The van der Waals surface area contributed by atoms with Gasteiger partial charge in [-0.15, -0.1) is 11.8 Å². The normalized spacial score (nSPS) is 17.4. The zero-order chi connectivity index (χ0) is 13.9. The van der Waals surface area contributed by atoms with Gasteiger partial charge in [-0.05, 0) is 36.6 Å². The molecule has 2 aromatic carbocycles. The molecule has 0 unspecified atom stereocenters. The van der Waals surface area contributed by atoms with Crippen LogP contribution in [0.1, 0.15) is 33.9 Å². The van der Waals surface area contributed by atoms with Gasteiger partial charge in [-0.3, -0.25) is 4.79 Å². The summed E-state index contributed by atoms with van der Waals surface area (Å²) < 4.78 is 0. The molecule has 0 spiro atoms. The van der Waals surface area contributed by atoms with E-state index in [-0.39, 0.29) is 11.9 Å². The summed E-state index contributed by atoms with van der Waals surface area (Å²) in [5.74, 6) is 1.07. The van der Waals surface area contributed by atoms with Crippen molar-refractivity contribution in [1.29, 1.82) is 0 Å². The molecule has 1 atom stereocenters. The number of carbonyl (C=O) groups excluding carboxylic acids is 1. The minimum atomic E-state index is 0.0230. The van der Waals surface area contributed by atoms with Crippen LogP contribution in [0, 0.1) is 6.92 Å². The van der Waals surface area contributed by atoms with Gasteiger partial charge in [0.05, 0.1) is 6.04 Å². The number of carbonyl (C=O) groups is 1. The minimum absolute atomic E-state index is 0.0230. The van der Waals surface area contributed by atoms with Gasteiger partial charge in [0.2, 0.25) is 0 Å². The molecule has 1 aliphatic heterocycles. The molecular weight excluding hydrogens is 266 g/mol. The Hall–Kier alpha value is -1.74. The Bertz CT molecular complexity index is 638. The third kappa shape index (κ3) is 2.59. The van der Waals surface area contributed by atoms with Crippen LogP contribution in [-0.2, 0) is 0 Å². The maximum atomic E-state index is 12.4. The Morgan fingerprint density at radius 3 is 2.75 bits per heavy atom. The van der Waals surface area contributed by atoms with Crippen molar-refractivity contribution in [3.8, 4) is 0 Å². The molecule has 20 heavy (non-hydrogen) atoms. The summed E-state index contributed by atoms with van der Waals surface area (Å²) in [6, 6.07) is 16.2. The highest BCUT2D eigenvalue weighted by Gasteiger charge is 2.22. The van der Waals surface area contributed by atoms with E-state index in [0.29, 0.717) is 0 Å². The molecule has 1 amide bonds. The van der Waals surface area contributed by atoms with E-state index >= 15 is 0 Å².